The average molecular weight is 638 g/mol. The molecule has 0 aromatic heterocycles. The van der Waals surface area contributed by atoms with E-state index in [4.69, 9.17) is 15.2 Å². The Labute approximate surface area is 281 Å². The summed E-state index contributed by atoms with van der Waals surface area (Å²) in [6, 6.07) is -0.927. The van der Waals surface area contributed by atoms with Crippen molar-refractivity contribution in [2.45, 2.75) is 232 Å². The highest BCUT2D eigenvalue weighted by Crippen LogP contribution is 2.15. The lowest BCUT2D eigenvalue weighted by Gasteiger charge is -2.11. The first-order valence-corrected chi connectivity index (χ1v) is 20.2. The predicted octanol–water partition coefficient (Wildman–Crippen LogP) is 12.3. The number of carbonyl (C=O) groups is 2. The predicted molar refractivity (Wildman–Crippen MR) is 194 cm³/mol. The van der Waals surface area contributed by atoms with Gasteiger partial charge in [0.2, 0.25) is 0 Å². The van der Waals surface area contributed by atoms with Gasteiger partial charge in [-0.2, -0.15) is 0 Å². The van der Waals surface area contributed by atoms with Crippen LogP contribution in [0.3, 0.4) is 0 Å². The fourth-order valence-electron chi connectivity index (χ4n) is 6.09. The van der Waals surface area contributed by atoms with E-state index in [1.54, 1.807) is 0 Å². The fourth-order valence-corrected chi connectivity index (χ4v) is 6.09. The van der Waals surface area contributed by atoms with Crippen molar-refractivity contribution in [1.29, 1.82) is 0 Å². The lowest BCUT2D eigenvalue weighted by molar-refractivity contribution is -0.152. The van der Waals surface area contributed by atoms with Gasteiger partial charge in [-0.25, -0.2) is 0 Å². The third-order valence-corrected chi connectivity index (χ3v) is 9.19. The van der Waals surface area contributed by atoms with Gasteiger partial charge < -0.3 is 15.2 Å². The maximum Gasteiger partial charge on any atom is 0.323 e. The molecule has 0 bridgehead atoms. The van der Waals surface area contributed by atoms with Crippen LogP contribution in [0.1, 0.15) is 226 Å². The van der Waals surface area contributed by atoms with Crippen molar-refractivity contribution in [3.8, 4) is 0 Å². The van der Waals surface area contributed by atoms with E-state index in [1.807, 2.05) is 0 Å². The minimum Gasteiger partial charge on any atom is -0.466 e. The molecule has 1 atom stereocenters. The van der Waals surface area contributed by atoms with Crippen molar-refractivity contribution < 1.29 is 19.1 Å². The van der Waals surface area contributed by atoms with Crippen molar-refractivity contribution in [2.24, 2.45) is 5.73 Å². The van der Waals surface area contributed by atoms with Gasteiger partial charge in [0.15, 0.2) is 0 Å². The van der Waals surface area contributed by atoms with E-state index in [1.165, 1.54) is 180 Å². The van der Waals surface area contributed by atoms with Crippen LogP contribution < -0.4 is 5.73 Å². The van der Waals surface area contributed by atoms with Crippen LogP contribution in [0.15, 0.2) is 0 Å². The van der Waals surface area contributed by atoms with E-state index in [0.717, 1.165) is 25.7 Å². The third-order valence-electron chi connectivity index (χ3n) is 9.19. The number of rotatable bonds is 37. The topological polar surface area (TPSA) is 78.6 Å². The van der Waals surface area contributed by atoms with Gasteiger partial charge in [0.25, 0.3) is 0 Å². The van der Waals surface area contributed by atoms with Crippen LogP contribution in [0.4, 0.5) is 0 Å². The SMILES string of the molecule is CCCCCCCCCCCCCCCCCCOC(=O)C[C@H](N)C(=O)OCCCCCCCCCCCCCCCCCC. The zero-order chi connectivity index (χ0) is 32.9. The highest BCUT2D eigenvalue weighted by molar-refractivity contribution is 5.82. The molecule has 0 aliphatic heterocycles. The first-order chi connectivity index (χ1) is 22.1. The Morgan fingerprint density at radius 3 is 0.933 bits per heavy atom. The smallest absolute Gasteiger partial charge is 0.323 e. The summed E-state index contributed by atoms with van der Waals surface area (Å²) in [5.74, 6) is -0.891. The number of hydrogen-bond acceptors (Lipinski definition) is 5. The Morgan fingerprint density at radius 1 is 0.400 bits per heavy atom. The Kier molecular flexibility index (Phi) is 36.4. The molecule has 2 N–H and O–H groups in total. The molecule has 0 aromatic carbocycles. The highest BCUT2D eigenvalue weighted by atomic mass is 16.5. The summed E-state index contributed by atoms with van der Waals surface area (Å²) in [6.45, 7) is 5.36. The molecule has 0 spiro atoms. The van der Waals surface area contributed by atoms with Crippen molar-refractivity contribution in [1.82, 2.24) is 0 Å². The van der Waals surface area contributed by atoms with Gasteiger partial charge in [-0.15, -0.1) is 0 Å². The third kappa shape index (κ3) is 35.6. The Balaban J connectivity index is 3.38. The molecule has 0 rings (SSSR count). The average Bonchev–Trinajstić information content (AvgIpc) is 3.03. The number of carbonyl (C=O) groups excluding carboxylic acids is 2. The Hall–Kier alpha value is -1.10. The van der Waals surface area contributed by atoms with Crippen LogP contribution in [0, 0.1) is 0 Å². The number of hydrogen-bond donors (Lipinski definition) is 1. The molecule has 0 aliphatic rings. The van der Waals surface area contributed by atoms with Crippen molar-refractivity contribution in [3.05, 3.63) is 0 Å². The molecule has 0 radical (unpaired) electrons. The van der Waals surface area contributed by atoms with Crippen LogP contribution >= 0.6 is 0 Å². The van der Waals surface area contributed by atoms with Gasteiger partial charge in [0.05, 0.1) is 19.6 Å². The van der Waals surface area contributed by atoms with E-state index in [9.17, 15) is 9.59 Å². The van der Waals surface area contributed by atoms with E-state index < -0.39 is 18.0 Å². The molecule has 0 aromatic rings. The van der Waals surface area contributed by atoms with Gasteiger partial charge in [-0.3, -0.25) is 9.59 Å². The van der Waals surface area contributed by atoms with Crippen molar-refractivity contribution in [2.75, 3.05) is 13.2 Å². The lowest BCUT2D eigenvalue weighted by atomic mass is 10.0. The van der Waals surface area contributed by atoms with Crippen LogP contribution in [0.25, 0.3) is 0 Å². The van der Waals surface area contributed by atoms with Gasteiger partial charge in [-0.1, -0.05) is 206 Å². The second kappa shape index (κ2) is 37.4. The van der Waals surface area contributed by atoms with E-state index in [0.29, 0.717) is 13.2 Å². The van der Waals surface area contributed by atoms with E-state index in [2.05, 4.69) is 13.8 Å². The zero-order valence-corrected chi connectivity index (χ0v) is 30.5. The minimum atomic E-state index is -0.927. The summed E-state index contributed by atoms with van der Waals surface area (Å²) in [5.41, 5.74) is 5.88. The fraction of sp³-hybridized carbons (Fsp3) is 0.950. The number of nitrogens with two attached hydrogens (primary N) is 1. The first kappa shape index (κ1) is 43.9. The van der Waals surface area contributed by atoms with E-state index >= 15 is 0 Å². The van der Waals surface area contributed by atoms with Crippen LogP contribution in [0.2, 0.25) is 0 Å². The maximum absolute atomic E-state index is 12.1. The Morgan fingerprint density at radius 2 is 0.644 bits per heavy atom. The molecule has 45 heavy (non-hydrogen) atoms. The number of ether oxygens (including phenoxy) is 2. The first-order valence-electron chi connectivity index (χ1n) is 20.2. The summed E-state index contributed by atoms with van der Waals surface area (Å²) < 4.78 is 10.6. The summed E-state index contributed by atoms with van der Waals surface area (Å²) in [7, 11) is 0. The van der Waals surface area contributed by atoms with Crippen LogP contribution in [-0.4, -0.2) is 31.2 Å². The van der Waals surface area contributed by atoms with Gasteiger partial charge in [0, 0.05) is 0 Å². The summed E-state index contributed by atoms with van der Waals surface area (Å²) in [4.78, 5) is 24.2. The monoisotopic (exact) mass is 638 g/mol. The second-order valence-electron chi connectivity index (χ2n) is 13.8. The highest BCUT2D eigenvalue weighted by Gasteiger charge is 2.19. The molecular formula is C40H79NO4. The molecular weight excluding hydrogens is 558 g/mol. The van der Waals surface area contributed by atoms with Gasteiger partial charge in [0.1, 0.15) is 6.04 Å². The molecule has 0 fully saturated rings. The largest absolute Gasteiger partial charge is 0.466 e. The molecule has 268 valence electrons. The number of esters is 2. The minimum absolute atomic E-state index is 0.101. The molecule has 0 unspecified atom stereocenters. The van der Waals surface area contributed by atoms with Crippen molar-refractivity contribution >= 4 is 11.9 Å². The normalized spacial score (nSPS) is 12.0. The standard InChI is InChI=1S/C40H79NO4/c1-3-5-7-9-11-13-15-17-19-21-23-25-27-29-31-33-35-44-39(42)37-38(41)40(43)45-36-34-32-30-28-26-24-22-20-18-16-14-12-10-8-6-4-2/h38H,3-37,41H2,1-2H3/t38-/m0/s1. The second-order valence-corrected chi connectivity index (χ2v) is 13.8. The molecule has 0 saturated heterocycles. The van der Waals surface area contributed by atoms with E-state index in [-0.39, 0.29) is 6.42 Å². The molecule has 0 heterocycles. The molecule has 5 heteroatoms. The quantitative estimate of drug-likeness (QED) is 0.0541. The summed E-state index contributed by atoms with van der Waals surface area (Å²) in [5, 5.41) is 0. The summed E-state index contributed by atoms with van der Waals surface area (Å²) in [6.07, 6.45) is 42.0. The molecule has 0 saturated carbocycles. The van der Waals surface area contributed by atoms with Crippen molar-refractivity contribution in [3.63, 3.8) is 0 Å². The number of unbranched alkanes of at least 4 members (excludes halogenated alkanes) is 30. The van der Waals surface area contributed by atoms with Crippen LogP contribution in [0.5, 0.6) is 0 Å². The van der Waals surface area contributed by atoms with Crippen LogP contribution in [-0.2, 0) is 19.1 Å². The summed E-state index contributed by atoms with van der Waals surface area (Å²) >= 11 is 0. The van der Waals surface area contributed by atoms with Gasteiger partial charge >= 0.3 is 11.9 Å². The molecule has 0 aliphatic carbocycles. The lowest BCUT2D eigenvalue weighted by Crippen LogP contribution is -2.35. The Bertz CT molecular complexity index is 611. The molecule has 0 amide bonds. The maximum atomic E-state index is 12.1. The van der Waals surface area contributed by atoms with Gasteiger partial charge in [-0.05, 0) is 12.8 Å². The zero-order valence-electron chi connectivity index (χ0n) is 30.5. The molecule has 5 nitrogen and oxygen atoms in total.